The number of nitrogens with one attached hydrogen (secondary N) is 1. The van der Waals surface area contributed by atoms with Crippen molar-refractivity contribution in [1.82, 2.24) is 10.2 Å². The molecule has 25 heavy (non-hydrogen) atoms. The van der Waals surface area contributed by atoms with Crippen molar-refractivity contribution in [3.8, 4) is 0 Å². The van der Waals surface area contributed by atoms with Crippen LogP contribution in [0.25, 0.3) is 0 Å². The van der Waals surface area contributed by atoms with Crippen LogP contribution in [0.15, 0.2) is 24.3 Å². The van der Waals surface area contributed by atoms with Crippen LogP contribution in [0, 0.1) is 0 Å². The summed E-state index contributed by atoms with van der Waals surface area (Å²) in [6.45, 7) is 5.20. The van der Waals surface area contributed by atoms with E-state index in [4.69, 9.17) is 9.47 Å². The van der Waals surface area contributed by atoms with Crippen molar-refractivity contribution < 1.29 is 14.3 Å². The molecule has 2 fully saturated rings. The first-order valence-corrected chi connectivity index (χ1v) is 9.07. The van der Waals surface area contributed by atoms with Crippen LogP contribution in [0.2, 0.25) is 0 Å². The molecule has 0 spiro atoms. The van der Waals surface area contributed by atoms with Gasteiger partial charge in [0.25, 0.3) is 5.91 Å². The van der Waals surface area contributed by atoms with Gasteiger partial charge in [-0.25, -0.2) is 0 Å². The highest BCUT2D eigenvalue weighted by molar-refractivity contribution is 5.99. The molecular weight excluding hydrogens is 318 g/mol. The van der Waals surface area contributed by atoms with Gasteiger partial charge in [-0.2, -0.15) is 0 Å². The molecule has 0 radical (unpaired) electrons. The third kappa shape index (κ3) is 4.14. The monoisotopic (exact) mass is 347 g/mol. The molecule has 1 N–H and O–H groups in total. The number of anilines is 1. The lowest BCUT2D eigenvalue weighted by Crippen LogP contribution is -2.55. The van der Waals surface area contributed by atoms with Crippen molar-refractivity contribution in [3.05, 3.63) is 29.8 Å². The van der Waals surface area contributed by atoms with E-state index in [0.717, 1.165) is 50.4 Å². The van der Waals surface area contributed by atoms with Crippen LogP contribution in [0.1, 0.15) is 23.2 Å². The van der Waals surface area contributed by atoms with Crippen molar-refractivity contribution in [1.29, 1.82) is 0 Å². The molecule has 2 aliphatic rings. The molecule has 1 aromatic carbocycles. The zero-order valence-electron chi connectivity index (χ0n) is 15.3. The van der Waals surface area contributed by atoms with Gasteiger partial charge >= 0.3 is 0 Å². The minimum absolute atomic E-state index is 0.00481. The molecule has 6 nitrogen and oxygen atoms in total. The second-order valence-electron chi connectivity index (χ2n) is 7.03. The predicted octanol–water partition coefficient (Wildman–Crippen LogP) is 1.36. The summed E-state index contributed by atoms with van der Waals surface area (Å²) in [4.78, 5) is 17.4. The molecule has 0 bridgehead atoms. The third-order valence-electron chi connectivity index (χ3n) is 5.45. The fourth-order valence-electron chi connectivity index (χ4n) is 3.62. The minimum Gasteiger partial charge on any atom is -0.381 e. The Labute approximate surface area is 150 Å². The lowest BCUT2D eigenvalue weighted by atomic mass is 9.88. The number of hydrogen-bond acceptors (Lipinski definition) is 5. The van der Waals surface area contributed by atoms with Crippen LogP contribution in [-0.2, 0) is 9.47 Å². The fraction of sp³-hybridized carbons (Fsp3) is 0.632. The molecule has 2 aliphatic heterocycles. The second-order valence-corrected chi connectivity index (χ2v) is 7.03. The third-order valence-corrected chi connectivity index (χ3v) is 5.45. The van der Waals surface area contributed by atoms with Gasteiger partial charge in [0.1, 0.15) is 0 Å². The predicted molar refractivity (Wildman–Crippen MR) is 98.3 cm³/mol. The standard InChI is InChI=1S/C19H29N3O3/c1-21(2)19(7-11-24-12-8-19)15-20-18(23)16-5-3-4-6-17(16)22-9-13-25-14-10-22/h3-6H,7-15H2,1-2H3,(H,20,23). The van der Waals surface area contributed by atoms with Crippen molar-refractivity contribution in [2.24, 2.45) is 0 Å². The summed E-state index contributed by atoms with van der Waals surface area (Å²) in [7, 11) is 4.16. The first-order valence-electron chi connectivity index (χ1n) is 9.07. The average molecular weight is 347 g/mol. The Bertz CT molecular complexity index is 579. The molecular formula is C19H29N3O3. The minimum atomic E-state index is -0.0260. The van der Waals surface area contributed by atoms with Gasteiger partial charge in [0.05, 0.1) is 18.8 Å². The maximum absolute atomic E-state index is 12.9. The van der Waals surface area contributed by atoms with Crippen molar-refractivity contribution in [3.63, 3.8) is 0 Å². The molecule has 2 heterocycles. The summed E-state index contributed by atoms with van der Waals surface area (Å²) in [6, 6.07) is 7.85. The van der Waals surface area contributed by atoms with Crippen LogP contribution < -0.4 is 10.2 Å². The zero-order chi connectivity index (χ0) is 17.7. The van der Waals surface area contributed by atoms with Crippen molar-refractivity contribution >= 4 is 11.6 Å². The largest absolute Gasteiger partial charge is 0.381 e. The maximum Gasteiger partial charge on any atom is 0.253 e. The maximum atomic E-state index is 12.9. The van der Waals surface area contributed by atoms with Crippen LogP contribution in [0.3, 0.4) is 0 Å². The molecule has 0 atom stereocenters. The average Bonchev–Trinajstić information content (AvgIpc) is 2.67. The number of carbonyl (C=O) groups is 1. The van der Waals surface area contributed by atoms with Crippen LogP contribution in [-0.4, -0.2) is 76.5 Å². The van der Waals surface area contributed by atoms with E-state index in [1.54, 1.807) is 0 Å². The van der Waals surface area contributed by atoms with E-state index in [-0.39, 0.29) is 11.4 Å². The first-order chi connectivity index (χ1) is 12.1. The summed E-state index contributed by atoms with van der Waals surface area (Å²) in [5.74, 6) is -0.00481. The van der Waals surface area contributed by atoms with E-state index in [2.05, 4.69) is 29.2 Å². The highest BCUT2D eigenvalue weighted by Crippen LogP contribution is 2.26. The number of morpholine rings is 1. The number of ether oxygens (including phenoxy) is 2. The molecule has 2 saturated heterocycles. The molecule has 0 unspecified atom stereocenters. The molecule has 138 valence electrons. The van der Waals surface area contributed by atoms with E-state index in [1.165, 1.54) is 0 Å². The Balaban J connectivity index is 1.70. The van der Waals surface area contributed by atoms with E-state index >= 15 is 0 Å². The van der Waals surface area contributed by atoms with E-state index in [1.807, 2.05) is 24.3 Å². The molecule has 6 heteroatoms. The lowest BCUT2D eigenvalue weighted by molar-refractivity contribution is -0.00657. The van der Waals surface area contributed by atoms with Crippen molar-refractivity contribution in [2.45, 2.75) is 18.4 Å². The van der Waals surface area contributed by atoms with Gasteiger partial charge in [-0.1, -0.05) is 12.1 Å². The second kappa shape index (κ2) is 8.17. The Morgan fingerprint density at radius 3 is 2.44 bits per heavy atom. The number of carbonyl (C=O) groups excluding carboxylic acids is 1. The van der Waals surface area contributed by atoms with Crippen molar-refractivity contribution in [2.75, 3.05) is 65.1 Å². The molecule has 1 aromatic rings. The van der Waals surface area contributed by atoms with E-state index in [9.17, 15) is 4.79 Å². The highest BCUT2D eigenvalue weighted by atomic mass is 16.5. The summed E-state index contributed by atoms with van der Waals surface area (Å²) >= 11 is 0. The number of likely N-dealkylation sites (N-methyl/N-ethyl adjacent to an activating group) is 1. The van der Waals surface area contributed by atoms with E-state index in [0.29, 0.717) is 19.8 Å². The summed E-state index contributed by atoms with van der Waals surface area (Å²) in [5, 5.41) is 3.18. The number of hydrogen-bond donors (Lipinski definition) is 1. The first kappa shape index (κ1) is 18.2. The van der Waals surface area contributed by atoms with Gasteiger partial charge in [-0.15, -0.1) is 0 Å². The molecule has 0 saturated carbocycles. The van der Waals surface area contributed by atoms with Gasteiger partial charge in [0.2, 0.25) is 0 Å². The van der Waals surface area contributed by atoms with Gasteiger partial charge < -0.3 is 24.6 Å². The SMILES string of the molecule is CN(C)C1(CNC(=O)c2ccccc2N2CCOCC2)CCOCC1. The smallest absolute Gasteiger partial charge is 0.253 e. The Morgan fingerprint density at radius 1 is 1.12 bits per heavy atom. The summed E-state index contributed by atoms with van der Waals surface area (Å²) in [6.07, 6.45) is 1.87. The fourth-order valence-corrected chi connectivity index (χ4v) is 3.62. The van der Waals surface area contributed by atoms with Gasteiger partial charge in [0.15, 0.2) is 0 Å². The quantitative estimate of drug-likeness (QED) is 0.872. The van der Waals surface area contributed by atoms with Crippen LogP contribution in [0.4, 0.5) is 5.69 Å². The van der Waals surface area contributed by atoms with E-state index < -0.39 is 0 Å². The molecule has 0 aliphatic carbocycles. The number of nitrogens with zero attached hydrogens (tertiary/aromatic N) is 2. The highest BCUT2D eigenvalue weighted by Gasteiger charge is 2.35. The number of benzene rings is 1. The summed E-state index contributed by atoms with van der Waals surface area (Å²) < 4.78 is 10.9. The van der Waals surface area contributed by atoms with Crippen LogP contribution >= 0.6 is 0 Å². The van der Waals surface area contributed by atoms with Gasteiger partial charge in [-0.3, -0.25) is 4.79 Å². The van der Waals surface area contributed by atoms with Crippen LogP contribution in [0.5, 0.6) is 0 Å². The Kier molecular flexibility index (Phi) is 5.93. The van der Waals surface area contributed by atoms with Gasteiger partial charge in [-0.05, 0) is 39.1 Å². The summed E-state index contributed by atoms with van der Waals surface area (Å²) in [5.41, 5.74) is 1.71. The lowest BCUT2D eigenvalue weighted by Gasteiger charge is -2.43. The van der Waals surface area contributed by atoms with Gasteiger partial charge in [0, 0.05) is 44.1 Å². The Morgan fingerprint density at radius 2 is 1.76 bits per heavy atom. The number of para-hydroxylation sites is 1. The molecule has 3 rings (SSSR count). The Hall–Kier alpha value is -1.63. The zero-order valence-corrected chi connectivity index (χ0v) is 15.3. The molecule has 0 aromatic heterocycles. The number of amides is 1. The number of rotatable bonds is 5. The molecule has 1 amide bonds. The topological polar surface area (TPSA) is 54.0 Å². The normalized spacial score (nSPS) is 20.5.